The number of anilines is 1. The highest BCUT2D eigenvalue weighted by atomic mass is 16.5. The quantitative estimate of drug-likeness (QED) is 0.853. The lowest BCUT2D eigenvalue weighted by molar-refractivity contribution is 0.186. The summed E-state index contributed by atoms with van der Waals surface area (Å²) in [6.07, 6.45) is 1.83. The molecule has 3 heteroatoms. The monoisotopic (exact) mass is 216 g/mol. The lowest BCUT2D eigenvalue weighted by Crippen LogP contribution is -1.99. The van der Waals surface area contributed by atoms with Crippen LogP contribution in [0.2, 0.25) is 0 Å². The lowest BCUT2D eigenvalue weighted by Gasteiger charge is -2.09. The Labute approximate surface area is 95.5 Å². The number of hydrogen-bond acceptors (Lipinski definition) is 3. The molecule has 0 aliphatic rings. The standard InChI is InChI=1S/C13H16N2O/c1-3-14-12-7-8-15-13-10(9-16-2)5-4-6-11(12)13/h4-8H,3,9H2,1-2H3,(H,14,15). The first-order valence-corrected chi connectivity index (χ1v) is 5.46. The minimum atomic E-state index is 0.597. The van der Waals surface area contributed by atoms with Gasteiger partial charge >= 0.3 is 0 Å². The van der Waals surface area contributed by atoms with Crippen LogP contribution < -0.4 is 5.32 Å². The molecule has 0 aliphatic carbocycles. The summed E-state index contributed by atoms with van der Waals surface area (Å²) in [6.45, 7) is 3.60. The van der Waals surface area contributed by atoms with Crippen molar-refractivity contribution in [2.24, 2.45) is 0 Å². The smallest absolute Gasteiger partial charge is 0.0777 e. The van der Waals surface area contributed by atoms with Crippen LogP contribution in [0.5, 0.6) is 0 Å². The predicted molar refractivity (Wildman–Crippen MR) is 66.6 cm³/mol. The van der Waals surface area contributed by atoms with Crippen molar-refractivity contribution in [3.05, 3.63) is 36.0 Å². The number of pyridine rings is 1. The molecule has 84 valence electrons. The number of fused-ring (bicyclic) bond motifs is 1. The van der Waals surface area contributed by atoms with Crippen molar-refractivity contribution < 1.29 is 4.74 Å². The highest BCUT2D eigenvalue weighted by Gasteiger charge is 2.04. The van der Waals surface area contributed by atoms with Gasteiger partial charge in [-0.3, -0.25) is 4.98 Å². The zero-order valence-electron chi connectivity index (χ0n) is 9.66. The predicted octanol–water partition coefficient (Wildman–Crippen LogP) is 2.81. The molecular formula is C13H16N2O. The highest BCUT2D eigenvalue weighted by molar-refractivity contribution is 5.92. The number of nitrogens with one attached hydrogen (secondary N) is 1. The molecule has 0 atom stereocenters. The maximum atomic E-state index is 5.18. The number of aromatic nitrogens is 1. The van der Waals surface area contributed by atoms with Gasteiger partial charge in [-0.2, -0.15) is 0 Å². The van der Waals surface area contributed by atoms with Crippen LogP contribution in [0.15, 0.2) is 30.5 Å². The topological polar surface area (TPSA) is 34.2 Å². The van der Waals surface area contributed by atoms with E-state index in [1.54, 1.807) is 7.11 Å². The summed E-state index contributed by atoms with van der Waals surface area (Å²) in [5.74, 6) is 0. The average Bonchev–Trinajstić information content (AvgIpc) is 2.31. The minimum absolute atomic E-state index is 0.597. The first-order valence-electron chi connectivity index (χ1n) is 5.46. The number of hydrogen-bond donors (Lipinski definition) is 1. The molecule has 0 amide bonds. The molecular weight excluding hydrogens is 200 g/mol. The molecule has 0 spiro atoms. The number of para-hydroxylation sites is 1. The Morgan fingerprint density at radius 2 is 2.19 bits per heavy atom. The molecule has 1 heterocycles. The first-order chi connectivity index (χ1) is 7.86. The SMILES string of the molecule is CCNc1ccnc2c(COC)cccc12. The van der Waals surface area contributed by atoms with Crippen LogP contribution in [0.1, 0.15) is 12.5 Å². The van der Waals surface area contributed by atoms with Crippen molar-refractivity contribution in [2.75, 3.05) is 19.0 Å². The fourth-order valence-corrected chi connectivity index (χ4v) is 1.85. The van der Waals surface area contributed by atoms with Gasteiger partial charge in [-0.25, -0.2) is 0 Å². The van der Waals surface area contributed by atoms with Crippen LogP contribution in [0.25, 0.3) is 10.9 Å². The molecule has 1 N–H and O–H groups in total. The Hall–Kier alpha value is -1.61. The van der Waals surface area contributed by atoms with E-state index in [4.69, 9.17) is 4.74 Å². The molecule has 0 saturated heterocycles. The second kappa shape index (κ2) is 4.94. The maximum absolute atomic E-state index is 5.18. The minimum Gasteiger partial charge on any atom is -0.385 e. The fourth-order valence-electron chi connectivity index (χ4n) is 1.85. The van der Waals surface area contributed by atoms with Gasteiger partial charge in [0.05, 0.1) is 12.1 Å². The third-order valence-electron chi connectivity index (χ3n) is 2.52. The van der Waals surface area contributed by atoms with Crippen molar-refractivity contribution in [1.29, 1.82) is 0 Å². The normalized spacial score (nSPS) is 10.6. The van der Waals surface area contributed by atoms with Crippen LogP contribution >= 0.6 is 0 Å². The largest absolute Gasteiger partial charge is 0.385 e. The van der Waals surface area contributed by atoms with Gasteiger partial charge in [-0.05, 0) is 13.0 Å². The number of rotatable bonds is 4. The van der Waals surface area contributed by atoms with E-state index >= 15 is 0 Å². The third kappa shape index (κ3) is 1.99. The molecule has 0 radical (unpaired) electrons. The Kier molecular flexibility index (Phi) is 3.37. The first kappa shape index (κ1) is 10.9. The van der Waals surface area contributed by atoms with Gasteiger partial charge in [-0.1, -0.05) is 18.2 Å². The van der Waals surface area contributed by atoms with Gasteiger partial charge in [0.1, 0.15) is 0 Å². The van der Waals surface area contributed by atoms with Crippen LogP contribution in [-0.2, 0) is 11.3 Å². The van der Waals surface area contributed by atoms with Gasteiger partial charge in [0.2, 0.25) is 0 Å². The van der Waals surface area contributed by atoms with E-state index < -0.39 is 0 Å². The average molecular weight is 216 g/mol. The zero-order chi connectivity index (χ0) is 11.4. The number of benzene rings is 1. The summed E-state index contributed by atoms with van der Waals surface area (Å²) in [6, 6.07) is 8.18. The van der Waals surface area contributed by atoms with E-state index in [1.165, 1.54) is 0 Å². The summed E-state index contributed by atoms with van der Waals surface area (Å²) < 4.78 is 5.18. The molecule has 16 heavy (non-hydrogen) atoms. The van der Waals surface area contributed by atoms with Crippen LogP contribution in [0, 0.1) is 0 Å². The molecule has 3 nitrogen and oxygen atoms in total. The van der Waals surface area contributed by atoms with Crippen molar-refractivity contribution >= 4 is 16.6 Å². The highest BCUT2D eigenvalue weighted by Crippen LogP contribution is 2.24. The van der Waals surface area contributed by atoms with Crippen LogP contribution in [0.3, 0.4) is 0 Å². The van der Waals surface area contributed by atoms with Crippen molar-refractivity contribution in [3.8, 4) is 0 Å². The van der Waals surface area contributed by atoms with E-state index in [0.29, 0.717) is 6.61 Å². The zero-order valence-corrected chi connectivity index (χ0v) is 9.66. The molecule has 0 bridgehead atoms. The molecule has 0 fully saturated rings. The van der Waals surface area contributed by atoms with Gasteiger partial charge in [0.15, 0.2) is 0 Å². The molecule has 2 rings (SSSR count). The third-order valence-corrected chi connectivity index (χ3v) is 2.52. The number of methoxy groups -OCH3 is 1. The van der Waals surface area contributed by atoms with E-state index in [0.717, 1.165) is 28.7 Å². The summed E-state index contributed by atoms with van der Waals surface area (Å²) in [5, 5.41) is 4.49. The van der Waals surface area contributed by atoms with Gasteiger partial charge in [0, 0.05) is 36.5 Å². The summed E-state index contributed by atoms with van der Waals surface area (Å²) >= 11 is 0. The number of nitrogens with zero attached hydrogens (tertiary/aromatic N) is 1. The molecule has 2 aromatic rings. The van der Waals surface area contributed by atoms with E-state index in [-0.39, 0.29) is 0 Å². The lowest BCUT2D eigenvalue weighted by atomic mass is 10.1. The van der Waals surface area contributed by atoms with Crippen LogP contribution in [-0.4, -0.2) is 18.6 Å². The molecule has 0 unspecified atom stereocenters. The Bertz CT molecular complexity index is 437. The summed E-state index contributed by atoms with van der Waals surface area (Å²) in [5.41, 5.74) is 3.27. The van der Waals surface area contributed by atoms with Crippen molar-refractivity contribution in [1.82, 2.24) is 4.98 Å². The Balaban J connectivity index is 2.57. The van der Waals surface area contributed by atoms with Gasteiger partial charge in [-0.15, -0.1) is 0 Å². The second-order valence-corrected chi connectivity index (χ2v) is 3.64. The van der Waals surface area contributed by atoms with Gasteiger partial charge < -0.3 is 10.1 Å². The van der Waals surface area contributed by atoms with Gasteiger partial charge in [0.25, 0.3) is 0 Å². The maximum Gasteiger partial charge on any atom is 0.0777 e. The van der Waals surface area contributed by atoms with E-state index in [9.17, 15) is 0 Å². The second-order valence-electron chi connectivity index (χ2n) is 3.64. The number of ether oxygens (including phenoxy) is 1. The van der Waals surface area contributed by atoms with E-state index in [1.807, 2.05) is 18.3 Å². The molecule has 1 aromatic heterocycles. The molecule has 0 aliphatic heterocycles. The Morgan fingerprint density at radius 1 is 1.31 bits per heavy atom. The van der Waals surface area contributed by atoms with Crippen LogP contribution in [0.4, 0.5) is 5.69 Å². The molecule has 0 saturated carbocycles. The van der Waals surface area contributed by atoms with Crippen molar-refractivity contribution in [2.45, 2.75) is 13.5 Å². The summed E-state index contributed by atoms with van der Waals surface area (Å²) in [4.78, 5) is 4.42. The molecule has 1 aromatic carbocycles. The fraction of sp³-hybridized carbons (Fsp3) is 0.308. The summed E-state index contributed by atoms with van der Waals surface area (Å²) in [7, 11) is 1.70. The van der Waals surface area contributed by atoms with Crippen molar-refractivity contribution in [3.63, 3.8) is 0 Å². The van der Waals surface area contributed by atoms with E-state index in [2.05, 4.69) is 29.4 Å². The Morgan fingerprint density at radius 3 is 2.94 bits per heavy atom.